The first-order chi connectivity index (χ1) is 6.05. The molecule has 0 saturated heterocycles. The molecular weight excluding hydrogens is 216 g/mol. The molecule has 0 aliphatic rings. The second kappa shape index (κ2) is 4.35. The van der Waals surface area contributed by atoms with Crippen LogP contribution in [0.25, 0.3) is 0 Å². The van der Waals surface area contributed by atoms with E-state index in [4.69, 9.17) is 0 Å². The van der Waals surface area contributed by atoms with Gasteiger partial charge in [0.15, 0.2) is 0 Å². The van der Waals surface area contributed by atoms with E-state index in [2.05, 4.69) is 4.84 Å². The van der Waals surface area contributed by atoms with Crippen molar-refractivity contribution in [3.05, 3.63) is 0 Å². The summed E-state index contributed by atoms with van der Waals surface area (Å²) in [5.41, 5.74) is 0. The molecule has 0 fully saturated rings. The molecule has 0 N–H and O–H groups in total. The SMILES string of the molecule is CC(C)CON(C(F)(F)F)C(F)(F)F. The van der Waals surface area contributed by atoms with Crippen LogP contribution in [0.1, 0.15) is 13.8 Å². The molecule has 0 heterocycles. The van der Waals surface area contributed by atoms with Crippen LogP contribution < -0.4 is 0 Å². The van der Waals surface area contributed by atoms with Gasteiger partial charge in [0.05, 0.1) is 6.61 Å². The van der Waals surface area contributed by atoms with Gasteiger partial charge in [0.1, 0.15) is 0 Å². The normalized spacial score (nSPS) is 14.1. The smallest absolute Gasteiger partial charge is 0.284 e. The summed E-state index contributed by atoms with van der Waals surface area (Å²) in [6.45, 7) is 2.22. The van der Waals surface area contributed by atoms with Gasteiger partial charge in [-0.3, -0.25) is 4.84 Å². The summed E-state index contributed by atoms with van der Waals surface area (Å²) >= 11 is 0. The van der Waals surface area contributed by atoms with Crippen molar-refractivity contribution in [1.82, 2.24) is 5.06 Å². The number of rotatable bonds is 3. The van der Waals surface area contributed by atoms with Crippen molar-refractivity contribution in [1.29, 1.82) is 0 Å². The second-order valence-electron chi connectivity index (χ2n) is 2.92. The van der Waals surface area contributed by atoms with Gasteiger partial charge in [0.25, 0.3) is 0 Å². The predicted octanol–water partition coefficient (Wildman–Crippen LogP) is 2.92. The maximum absolute atomic E-state index is 11.7. The molecule has 0 aromatic heterocycles. The standard InChI is InChI=1S/C6H9F6NO/c1-4(2)3-14-13(5(7,8)9)6(10,11)12/h4H,3H2,1-2H3. The molecule has 0 rings (SSSR count). The molecule has 0 saturated carbocycles. The van der Waals surface area contributed by atoms with Crippen molar-refractivity contribution < 1.29 is 31.2 Å². The van der Waals surface area contributed by atoms with Gasteiger partial charge in [-0.25, -0.2) is 0 Å². The van der Waals surface area contributed by atoms with E-state index < -0.39 is 30.2 Å². The summed E-state index contributed by atoms with van der Waals surface area (Å²) in [5.74, 6) is -0.429. The van der Waals surface area contributed by atoms with E-state index in [0.29, 0.717) is 0 Å². The van der Waals surface area contributed by atoms with Gasteiger partial charge < -0.3 is 0 Å². The fourth-order valence-corrected chi connectivity index (χ4v) is 0.514. The number of hydrogen-bond donors (Lipinski definition) is 0. The molecule has 0 aliphatic carbocycles. The molecule has 0 unspecified atom stereocenters. The van der Waals surface area contributed by atoms with Crippen LogP contribution >= 0.6 is 0 Å². The Morgan fingerprint density at radius 3 is 1.57 bits per heavy atom. The highest BCUT2D eigenvalue weighted by Gasteiger charge is 2.55. The van der Waals surface area contributed by atoms with Crippen LogP contribution in [0.4, 0.5) is 26.3 Å². The fourth-order valence-electron chi connectivity index (χ4n) is 0.514. The molecule has 0 amide bonds. The van der Waals surface area contributed by atoms with Gasteiger partial charge in [-0.1, -0.05) is 13.8 Å². The zero-order chi connectivity index (χ0) is 11.6. The average molecular weight is 225 g/mol. The zero-order valence-electron chi connectivity index (χ0n) is 7.41. The number of hydroxylamine groups is 2. The Morgan fingerprint density at radius 2 is 1.36 bits per heavy atom. The largest absolute Gasteiger partial charge is 0.490 e. The molecule has 14 heavy (non-hydrogen) atoms. The van der Waals surface area contributed by atoms with Gasteiger partial charge in [-0.05, 0) is 5.92 Å². The van der Waals surface area contributed by atoms with Gasteiger partial charge in [-0.15, -0.1) is 0 Å². The van der Waals surface area contributed by atoms with E-state index in [-0.39, 0.29) is 0 Å². The van der Waals surface area contributed by atoms with Crippen LogP contribution in [0.15, 0.2) is 0 Å². The topological polar surface area (TPSA) is 12.5 Å². The van der Waals surface area contributed by atoms with E-state index in [1.165, 1.54) is 13.8 Å². The van der Waals surface area contributed by atoms with E-state index in [0.717, 1.165) is 0 Å². The molecule has 0 bridgehead atoms. The molecule has 2 nitrogen and oxygen atoms in total. The highest BCUT2D eigenvalue weighted by molar-refractivity contribution is 4.52. The summed E-state index contributed by atoms with van der Waals surface area (Å²) in [6, 6.07) is 0. The van der Waals surface area contributed by atoms with Crippen LogP contribution in [0.5, 0.6) is 0 Å². The molecule has 0 aliphatic heterocycles. The summed E-state index contributed by atoms with van der Waals surface area (Å²) < 4.78 is 70.5. The molecule has 0 atom stereocenters. The third-order valence-electron chi connectivity index (χ3n) is 0.998. The minimum atomic E-state index is -5.58. The van der Waals surface area contributed by atoms with E-state index in [1.807, 2.05) is 0 Å². The Kier molecular flexibility index (Phi) is 4.19. The van der Waals surface area contributed by atoms with Crippen LogP contribution in [0.2, 0.25) is 0 Å². The number of halogens is 6. The highest BCUT2D eigenvalue weighted by Crippen LogP contribution is 2.33. The lowest BCUT2D eigenvalue weighted by Gasteiger charge is -2.26. The van der Waals surface area contributed by atoms with Gasteiger partial charge in [-0.2, -0.15) is 26.3 Å². The Balaban J connectivity index is 4.44. The Bertz CT molecular complexity index is 160. The second-order valence-corrected chi connectivity index (χ2v) is 2.92. The van der Waals surface area contributed by atoms with Gasteiger partial charge >= 0.3 is 12.6 Å². The summed E-state index contributed by atoms with van der Waals surface area (Å²) in [6.07, 6.45) is -11.2. The third-order valence-corrected chi connectivity index (χ3v) is 0.998. The first-order valence-corrected chi connectivity index (χ1v) is 3.62. The molecular formula is C6H9F6NO. The van der Waals surface area contributed by atoms with Crippen molar-refractivity contribution in [2.75, 3.05) is 6.61 Å². The monoisotopic (exact) mass is 225 g/mol. The summed E-state index contributed by atoms with van der Waals surface area (Å²) in [5, 5.41) is -1.90. The van der Waals surface area contributed by atoms with Crippen LogP contribution in [-0.2, 0) is 4.84 Å². The zero-order valence-corrected chi connectivity index (χ0v) is 7.41. The van der Waals surface area contributed by atoms with Crippen molar-refractivity contribution in [2.45, 2.75) is 26.4 Å². The van der Waals surface area contributed by atoms with Crippen LogP contribution in [0.3, 0.4) is 0 Å². The van der Waals surface area contributed by atoms with Crippen molar-refractivity contribution in [3.63, 3.8) is 0 Å². The molecule has 0 spiro atoms. The first kappa shape index (κ1) is 13.5. The number of nitrogens with zero attached hydrogens (tertiary/aromatic N) is 1. The third kappa shape index (κ3) is 4.66. The Hall–Kier alpha value is -0.500. The molecule has 0 aromatic rings. The summed E-state index contributed by atoms with van der Waals surface area (Å²) in [7, 11) is 0. The van der Waals surface area contributed by atoms with Crippen molar-refractivity contribution in [3.8, 4) is 0 Å². The van der Waals surface area contributed by atoms with E-state index >= 15 is 0 Å². The predicted molar refractivity (Wildman–Crippen MR) is 34.7 cm³/mol. The molecule has 0 aromatic carbocycles. The van der Waals surface area contributed by atoms with E-state index in [1.54, 1.807) is 0 Å². The Morgan fingerprint density at radius 1 is 1.00 bits per heavy atom. The molecule has 8 heteroatoms. The maximum atomic E-state index is 11.7. The molecule has 0 radical (unpaired) electrons. The molecule has 86 valence electrons. The Labute approximate surface area is 76.4 Å². The lowest BCUT2D eigenvalue weighted by atomic mass is 10.2. The van der Waals surface area contributed by atoms with Crippen LogP contribution in [-0.4, -0.2) is 24.3 Å². The summed E-state index contributed by atoms with van der Waals surface area (Å²) in [4.78, 5) is 3.62. The lowest BCUT2D eigenvalue weighted by Crippen LogP contribution is -2.48. The lowest BCUT2D eigenvalue weighted by molar-refractivity contribution is -0.483. The van der Waals surface area contributed by atoms with Crippen molar-refractivity contribution in [2.24, 2.45) is 5.92 Å². The minimum absolute atomic E-state index is 0.429. The fraction of sp³-hybridized carbons (Fsp3) is 1.00. The van der Waals surface area contributed by atoms with Crippen LogP contribution in [0, 0.1) is 5.92 Å². The first-order valence-electron chi connectivity index (χ1n) is 3.62. The van der Waals surface area contributed by atoms with Gasteiger partial charge in [0.2, 0.25) is 0 Å². The maximum Gasteiger partial charge on any atom is 0.490 e. The number of hydrogen-bond acceptors (Lipinski definition) is 2. The number of alkyl halides is 6. The minimum Gasteiger partial charge on any atom is -0.284 e. The average Bonchev–Trinajstić information content (AvgIpc) is 1.78. The van der Waals surface area contributed by atoms with Gasteiger partial charge in [0, 0.05) is 5.06 Å². The van der Waals surface area contributed by atoms with Crippen molar-refractivity contribution >= 4 is 0 Å². The quantitative estimate of drug-likeness (QED) is 0.416. The van der Waals surface area contributed by atoms with E-state index in [9.17, 15) is 26.3 Å². The highest BCUT2D eigenvalue weighted by atomic mass is 19.4.